The molecule has 0 aliphatic heterocycles. The van der Waals surface area contributed by atoms with Gasteiger partial charge >= 0.3 is 0 Å². The number of aromatic amines is 1. The Balaban J connectivity index is 1.67. The van der Waals surface area contributed by atoms with Crippen LogP contribution in [-0.2, 0) is 11.2 Å². The van der Waals surface area contributed by atoms with Crippen LogP contribution in [0.15, 0.2) is 48.5 Å². The van der Waals surface area contributed by atoms with Gasteiger partial charge in [-0.25, -0.2) is 4.98 Å². The summed E-state index contributed by atoms with van der Waals surface area (Å²) in [5.74, 6) is 1.97. The normalized spacial score (nSPS) is 13.3. The Bertz CT molecular complexity index is 853. The quantitative estimate of drug-likeness (QED) is 0.621. The second-order valence-electron chi connectivity index (χ2n) is 6.92. The highest BCUT2D eigenvalue weighted by atomic mass is 16.5. The highest BCUT2D eigenvalue weighted by Crippen LogP contribution is 2.25. The van der Waals surface area contributed by atoms with Gasteiger partial charge in [0.25, 0.3) is 0 Å². The van der Waals surface area contributed by atoms with Crippen molar-refractivity contribution < 1.29 is 9.53 Å². The number of H-pyrrole nitrogens is 1. The molecule has 142 valence electrons. The number of para-hydroxylation sites is 2. The van der Waals surface area contributed by atoms with Crippen molar-refractivity contribution in [3.05, 3.63) is 59.9 Å². The van der Waals surface area contributed by atoms with Crippen LogP contribution in [0.1, 0.15) is 44.1 Å². The highest BCUT2D eigenvalue weighted by molar-refractivity contribution is 5.77. The first-order valence-electron chi connectivity index (χ1n) is 9.47. The molecule has 0 fully saturated rings. The fourth-order valence-electron chi connectivity index (χ4n) is 3.13. The lowest BCUT2D eigenvalue weighted by atomic mass is 9.98. The van der Waals surface area contributed by atoms with Crippen molar-refractivity contribution in [2.45, 2.75) is 39.2 Å². The third-order valence-corrected chi connectivity index (χ3v) is 5.03. The van der Waals surface area contributed by atoms with E-state index in [9.17, 15) is 4.79 Å². The Hall–Kier alpha value is -2.82. The number of aryl methyl sites for hydroxylation is 1. The van der Waals surface area contributed by atoms with Crippen LogP contribution in [-0.4, -0.2) is 23.0 Å². The summed E-state index contributed by atoms with van der Waals surface area (Å²) in [5.41, 5.74) is 3.04. The van der Waals surface area contributed by atoms with Crippen molar-refractivity contribution in [1.29, 1.82) is 0 Å². The standard InChI is InChI=1S/C22H27N3O2/c1-4-15(2)21(22-23-18-7-5-6-8-19(18)24-22)25-20(26)14-11-16-9-12-17(27-3)13-10-16/h5-10,12-13,15,21H,4,11,14H2,1-3H3,(H,23,24)(H,25,26)/t15-,21+/m0/s1. The number of ether oxygens (including phenoxy) is 1. The number of hydrogen-bond acceptors (Lipinski definition) is 3. The van der Waals surface area contributed by atoms with Gasteiger partial charge in [-0.1, -0.05) is 44.5 Å². The molecule has 0 bridgehead atoms. The molecular formula is C22H27N3O2. The van der Waals surface area contributed by atoms with Crippen LogP contribution in [0.3, 0.4) is 0 Å². The number of methoxy groups -OCH3 is 1. The van der Waals surface area contributed by atoms with Gasteiger partial charge in [-0.2, -0.15) is 0 Å². The number of carbonyl (C=O) groups is 1. The number of carbonyl (C=O) groups excluding carboxylic acids is 1. The maximum Gasteiger partial charge on any atom is 0.220 e. The van der Waals surface area contributed by atoms with Crippen LogP contribution in [0.2, 0.25) is 0 Å². The van der Waals surface area contributed by atoms with Crippen molar-refractivity contribution in [3.63, 3.8) is 0 Å². The molecular weight excluding hydrogens is 338 g/mol. The molecule has 0 spiro atoms. The molecule has 5 nitrogen and oxygen atoms in total. The Morgan fingerprint density at radius 1 is 1.19 bits per heavy atom. The summed E-state index contributed by atoms with van der Waals surface area (Å²) in [6.07, 6.45) is 2.10. The molecule has 3 aromatic rings. The molecule has 27 heavy (non-hydrogen) atoms. The van der Waals surface area contributed by atoms with E-state index in [0.717, 1.165) is 34.6 Å². The predicted octanol–water partition coefficient (Wildman–Crippen LogP) is 4.41. The van der Waals surface area contributed by atoms with E-state index in [1.165, 1.54) is 0 Å². The molecule has 0 aliphatic carbocycles. The fraction of sp³-hybridized carbons (Fsp3) is 0.364. The molecule has 5 heteroatoms. The van der Waals surface area contributed by atoms with Gasteiger partial charge in [-0.05, 0) is 42.2 Å². The molecule has 1 heterocycles. The zero-order valence-corrected chi connectivity index (χ0v) is 16.2. The van der Waals surface area contributed by atoms with E-state index in [4.69, 9.17) is 4.74 Å². The topological polar surface area (TPSA) is 67.0 Å². The van der Waals surface area contributed by atoms with Crippen LogP contribution in [0.4, 0.5) is 0 Å². The molecule has 0 saturated carbocycles. The Kier molecular flexibility index (Phi) is 6.12. The van der Waals surface area contributed by atoms with Gasteiger partial charge in [-0.15, -0.1) is 0 Å². The fourth-order valence-corrected chi connectivity index (χ4v) is 3.13. The van der Waals surface area contributed by atoms with Crippen LogP contribution in [0, 0.1) is 5.92 Å². The van der Waals surface area contributed by atoms with Crippen LogP contribution >= 0.6 is 0 Å². The zero-order valence-electron chi connectivity index (χ0n) is 16.2. The molecule has 0 saturated heterocycles. The van der Waals surface area contributed by atoms with Crippen molar-refractivity contribution in [3.8, 4) is 5.75 Å². The van der Waals surface area contributed by atoms with Gasteiger partial charge in [0.2, 0.25) is 5.91 Å². The number of imidazole rings is 1. The number of aromatic nitrogens is 2. The summed E-state index contributed by atoms with van der Waals surface area (Å²) in [6.45, 7) is 4.27. The monoisotopic (exact) mass is 365 g/mol. The average Bonchev–Trinajstić information content (AvgIpc) is 3.14. The van der Waals surface area contributed by atoms with Gasteiger partial charge in [0.15, 0.2) is 0 Å². The summed E-state index contributed by atoms with van der Waals surface area (Å²) >= 11 is 0. The lowest BCUT2D eigenvalue weighted by Crippen LogP contribution is -2.33. The first kappa shape index (κ1) is 19.0. The van der Waals surface area contributed by atoms with Gasteiger partial charge < -0.3 is 15.0 Å². The minimum Gasteiger partial charge on any atom is -0.497 e. The number of fused-ring (bicyclic) bond motifs is 1. The molecule has 0 aliphatic rings. The number of amides is 1. The van der Waals surface area contributed by atoms with Crippen LogP contribution in [0.5, 0.6) is 5.75 Å². The Morgan fingerprint density at radius 2 is 1.93 bits per heavy atom. The highest BCUT2D eigenvalue weighted by Gasteiger charge is 2.23. The Labute approximate surface area is 160 Å². The second kappa shape index (κ2) is 8.71. The van der Waals surface area contributed by atoms with Crippen molar-refractivity contribution >= 4 is 16.9 Å². The van der Waals surface area contributed by atoms with E-state index in [1.54, 1.807) is 7.11 Å². The minimum absolute atomic E-state index is 0.0385. The summed E-state index contributed by atoms with van der Waals surface area (Å²) in [6, 6.07) is 15.7. The van der Waals surface area contributed by atoms with E-state index < -0.39 is 0 Å². The van der Waals surface area contributed by atoms with Crippen molar-refractivity contribution in [2.24, 2.45) is 5.92 Å². The van der Waals surface area contributed by atoms with E-state index in [0.29, 0.717) is 12.8 Å². The van der Waals surface area contributed by atoms with E-state index in [-0.39, 0.29) is 17.9 Å². The maximum absolute atomic E-state index is 12.6. The molecule has 2 aromatic carbocycles. The summed E-state index contributed by atoms with van der Waals surface area (Å²) in [7, 11) is 1.65. The first-order chi connectivity index (χ1) is 13.1. The lowest BCUT2D eigenvalue weighted by Gasteiger charge is -2.22. The van der Waals surface area contributed by atoms with E-state index in [2.05, 4.69) is 29.1 Å². The third-order valence-electron chi connectivity index (χ3n) is 5.03. The zero-order chi connectivity index (χ0) is 19.2. The largest absolute Gasteiger partial charge is 0.497 e. The molecule has 0 unspecified atom stereocenters. The molecule has 3 rings (SSSR count). The van der Waals surface area contributed by atoms with Gasteiger partial charge in [0.1, 0.15) is 11.6 Å². The van der Waals surface area contributed by atoms with E-state index in [1.807, 2.05) is 48.5 Å². The molecule has 2 N–H and O–H groups in total. The molecule has 2 atom stereocenters. The number of rotatable bonds is 8. The number of nitrogens with one attached hydrogen (secondary N) is 2. The lowest BCUT2D eigenvalue weighted by molar-refractivity contribution is -0.122. The third kappa shape index (κ3) is 4.67. The number of benzene rings is 2. The predicted molar refractivity (Wildman–Crippen MR) is 108 cm³/mol. The average molecular weight is 365 g/mol. The van der Waals surface area contributed by atoms with Gasteiger partial charge in [-0.3, -0.25) is 4.79 Å². The molecule has 1 aromatic heterocycles. The van der Waals surface area contributed by atoms with Crippen molar-refractivity contribution in [1.82, 2.24) is 15.3 Å². The van der Waals surface area contributed by atoms with Gasteiger partial charge in [0.05, 0.1) is 24.2 Å². The SMILES string of the molecule is CC[C@H](C)[C@@H](NC(=O)CCc1ccc(OC)cc1)c1nc2ccccc2[nH]1. The molecule has 1 amide bonds. The molecule has 0 radical (unpaired) electrons. The van der Waals surface area contributed by atoms with Crippen molar-refractivity contribution in [2.75, 3.05) is 7.11 Å². The Morgan fingerprint density at radius 3 is 2.59 bits per heavy atom. The summed E-state index contributed by atoms with van der Waals surface area (Å²) < 4.78 is 5.17. The van der Waals surface area contributed by atoms with Crippen LogP contribution < -0.4 is 10.1 Å². The maximum atomic E-state index is 12.6. The first-order valence-corrected chi connectivity index (χ1v) is 9.47. The number of nitrogens with zero attached hydrogens (tertiary/aromatic N) is 1. The number of hydrogen-bond donors (Lipinski definition) is 2. The van der Waals surface area contributed by atoms with E-state index >= 15 is 0 Å². The summed E-state index contributed by atoms with van der Waals surface area (Å²) in [4.78, 5) is 20.6. The smallest absolute Gasteiger partial charge is 0.220 e. The second-order valence-corrected chi connectivity index (χ2v) is 6.92. The van der Waals surface area contributed by atoms with Gasteiger partial charge in [0, 0.05) is 6.42 Å². The summed E-state index contributed by atoms with van der Waals surface area (Å²) in [5, 5.41) is 3.18. The van der Waals surface area contributed by atoms with Crippen LogP contribution in [0.25, 0.3) is 11.0 Å². The minimum atomic E-state index is -0.120.